The Morgan fingerprint density at radius 2 is 1.00 bits per heavy atom. The summed E-state index contributed by atoms with van der Waals surface area (Å²) in [6, 6.07) is 28.4. The highest BCUT2D eigenvalue weighted by molar-refractivity contribution is 6.28. The van der Waals surface area contributed by atoms with E-state index in [9.17, 15) is 5.48 Å². The molecule has 218 valence electrons. The average molecular weight is 608 g/mol. The zero-order chi connectivity index (χ0) is 40.5. The first-order valence-corrected chi connectivity index (χ1v) is 15.3. The van der Waals surface area contributed by atoms with Gasteiger partial charge in [0.25, 0.3) is 0 Å². The summed E-state index contributed by atoms with van der Waals surface area (Å²) < 4.78 is 103. The van der Waals surface area contributed by atoms with Crippen molar-refractivity contribution in [1.82, 2.24) is 0 Å². The molecule has 1 heteroatoms. The molecule has 0 N–H and O–H groups in total. The minimum Gasteiger partial charge on any atom is -0.456 e. The van der Waals surface area contributed by atoms with Crippen molar-refractivity contribution in [2.75, 3.05) is 0 Å². The highest BCUT2D eigenvalue weighted by Crippen LogP contribution is 2.48. The third-order valence-corrected chi connectivity index (χ3v) is 9.04. The fourth-order valence-electron chi connectivity index (χ4n) is 7.08. The summed E-state index contributed by atoms with van der Waals surface area (Å²) in [6.45, 7) is 0. The van der Waals surface area contributed by atoms with Crippen LogP contribution in [-0.2, 0) is 0 Å². The molecule has 0 unspecified atom stereocenters. The average Bonchev–Trinajstić information content (AvgIpc) is 3.65. The molecule has 0 aliphatic heterocycles. The molecule has 0 spiro atoms. The monoisotopic (exact) mass is 607 g/mol. The fourth-order valence-corrected chi connectivity index (χ4v) is 7.08. The molecule has 9 aromatic carbocycles. The second-order valence-corrected chi connectivity index (χ2v) is 11.5. The van der Waals surface area contributed by atoms with E-state index >= 15 is 0 Å². The molecule has 10 rings (SSSR count). The largest absolute Gasteiger partial charge is 0.456 e. The third-order valence-electron chi connectivity index (χ3n) is 9.04. The summed E-state index contributed by atoms with van der Waals surface area (Å²) in [5, 5.41) is 7.59. The molecule has 1 heterocycles. The summed E-state index contributed by atoms with van der Waals surface area (Å²) in [5.41, 5.74) is 1.49. The minimum atomic E-state index is -0.654. The van der Waals surface area contributed by atoms with Crippen LogP contribution < -0.4 is 0 Å². The Morgan fingerprint density at radius 1 is 0.404 bits per heavy atom. The maximum atomic E-state index is 9.50. The van der Waals surface area contributed by atoms with Gasteiger partial charge in [-0.1, -0.05) is 145 Å². The molecule has 1 aromatic heterocycles. The van der Waals surface area contributed by atoms with Gasteiger partial charge >= 0.3 is 0 Å². The molecule has 0 bridgehead atoms. The first-order chi connectivity index (χ1) is 27.9. The van der Waals surface area contributed by atoms with E-state index in [1.165, 1.54) is 0 Å². The van der Waals surface area contributed by atoms with Crippen LogP contribution >= 0.6 is 0 Å². The van der Waals surface area contributed by atoms with Gasteiger partial charge in [0.15, 0.2) is 0 Å². The molecule has 0 saturated carbocycles. The van der Waals surface area contributed by atoms with Crippen LogP contribution in [-0.4, -0.2) is 0 Å². The number of rotatable bonds is 3. The second kappa shape index (κ2) is 10.2. The zero-order valence-corrected chi connectivity index (χ0v) is 24.7. The van der Waals surface area contributed by atoms with Crippen LogP contribution in [0, 0.1) is 0 Å². The Labute approximate surface area is 287 Å². The predicted octanol–water partition coefficient (Wildman–Crippen LogP) is 13.2. The van der Waals surface area contributed by atoms with Crippen LogP contribution in [0.3, 0.4) is 0 Å². The summed E-state index contributed by atoms with van der Waals surface area (Å²) in [5.74, 6) is 0. The van der Waals surface area contributed by atoms with Gasteiger partial charge in [-0.3, -0.25) is 0 Å². The Bertz CT molecular complexity index is 3390. The summed E-state index contributed by atoms with van der Waals surface area (Å²) >= 11 is 0. The van der Waals surface area contributed by atoms with Crippen molar-refractivity contribution in [2.24, 2.45) is 0 Å². The van der Waals surface area contributed by atoms with Crippen LogP contribution in [0.4, 0.5) is 0 Å². The SMILES string of the molecule is [2H]c1c([2H])c([2H])c(-c2c([2H])c([2H])c3c(oc4c([2H])c([2H])c([2H])c(-c5c6ccccc6c(-c6cc7ccccc7c7ccccc67)c6ccccc56)c43)c2[2H])c([2H])c1[2H]. The Hall–Kier alpha value is -6.18. The highest BCUT2D eigenvalue weighted by atomic mass is 16.3. The second-order valence-electron chi connectivity index (χ2n) is 11.5. The Kier molecular flexibility index (Phi) is 3.79. The van der Waals surface area contributed by atoms with E-state index in [2.05, 4.69) is 30.3 Å². The molecule has 0 atom stereocenters. The summed E-state index contributed by atoms with van der Waals surface area (Å²) in [4.78, 5) is 0. The van der Waals surface area contributed by atoms with Crippen molar-refractivity contribution in [3.8, 4) is 33.4 Å². The highest BCUT2D eigenvalue weighted by Gasteiger charge is 2.21. The molecule has 10 aromatic rings. The molecule has 0 aliphatic rings. The molecule has 47 heavy (non-hydrogen) atoms. The van der Waals surface area contributed by atoms with Crippen molar-refractivity contribution < 1.29 is 19.5 Å². The first-order valence-electron chi connectivity index (χ1n) is 20.8. The van der Waals surface area contributed by atoms with Crippen LogP contribution in [0.1, 0.15) is 15.1 Å². The lowest BCUT2D eigenvalue weighted by atomic mass is 9.83. The third kappa shape index (κ3) is 3.90. The van der Waals surface area contributed by atoms with Gasteiger partial charge in [0.1, 0.15) is 11.2 Å². The molecule has 0 radical (unpaired) electrons. The summed E-state index contributed by atoms with van der Waals surface area (Å²) in [7, 11) is 0. The van der Waals surface area contributed by atoms with Crippen molar-refractivity contribution in [1.29, 1.82) is 0 Å². The zero-order valence-electron chi connectivity index (χ0n) is 35.7. The van der Waals surface area contributed by atoms with Gasteiger partial charge < -0.3 is 4.42 Å². The molecule has 1 nitrogen and oxygen atoms in total. The molecule has 0 fully saturated rings. The number of hydrogen-bond donors (Lipinski definition) is 0. The van der Waals surface area contributed by atoms with Gasteiger partial charge in [0.05, 0.1) is 15.1 Å². The van der Waals surface area contributed by atoms with Crippen LogP contribution in [0.2, 0.25) is 0 Å². The fraction of sp³-hybridized carbons (Fsp3) is 0. The maximum absolute atomic E-state index is 9.50. The van der Waals surface area contributed by atoms with Gasteiger partial charge in [0.2, 0.25) is 0 Å². The lowest BCUT2D eigenvalue weighted by Gasteiger charge is -2.20. The molecular weight excluding hydrogens is 569 g/mol. The van der Waals surface area contributed by atoms with Crippen LogP contribution in [0.5, 0.6) is 0 Å². The lowest BCUT2D eigenvalue weighted by molar-refractivity contribution is 0.669. The molecule has 0 aliphatic carbocycles. The quantitative estimate of drug-likeness (QED) is 0.144. The van der Waals surface area contributed by atoms with Crippen LogP contribution in [0.25, 0.3) is 98.4 Å². The summed E-state index contributed by atoms with van der Waals surface area (Å²) in [6.07, 6.45) is 0. The van der Waals surface area contributed by atoms with Crippen molar-refractivity contribution in [2.45, 2.75) is 0 Å². The van der Waals surface area contributed by atoms with Crippen LogP contribution in [0.15, 0.2) is 174 Å². The normalized spacial score (nSPS) is 15.1. The number of benzene rings is 9. The van der Waals surface area contributed by atoms with E-state index in [4.69, 9.17) is 14.0 Å². The van der Waals surface area contributed by atoms with E-state index in [1.54, 1.807) is 0 Å². The number of fused-ring (bicyclic) bond motifs is 8. The predicted molar refractivity (Wildman–Crippen MR) is 200 cm³/mol. The molecular formula is C46H28O. The van der Waals surface area contributed by atoms with E-state index in [-0.39, 0.29) is 39.1 Å². The lowest BCUT2D eigenvalue weighted by Crippen LogP contribution is -1.92. The van der Waals surface area contributed by atoms with Gasteiger partial charge in [-0.2, -0.15) is 0 Å². The van der Waals surface area contributed by atoms with Gasteiger partial charge in [-0.05, 0) is 101 Å². The van der Waals surface area contributed by atoms with Crippen molar-refractivity contribution >= 4 is 65.0 Å². The standard InChI is InChI=1S/C46H28O/c1-2-13-29(14-3-1)30-25-26-39-43(28-30)47-42-24-12-23-40(46(39)42)44-35-19-8-10-21-37(35)45(38-22-11-9-20-36(38)44)41-27-31-15-4-5-16-32(31)33-17-6-7-18-34(33)41/h1-28H/i1D,2D,3D,12D,13D,14D,23D,24D,25D,26D,28D. The van der Waals surface area contributed by atoms with Gasteiger partial charge in [0, 0.05) is 10.8 Å². The Balaban J connectivity index is 1.38. The van der Waals surface area contributed by atoms with Crippen molar-refractivity contribution in [3.63, 3.8) is 0 Å². The topological polar surface area (TPSA) is 13.1 Å². The number of furan rings is 1. The first kappa shape index (κ1) is 17.5. The van der Waals surface area contributed by atoms with E-state index in [1.807, 2.05) is 72.8 Å². The maximum Gasteiger partial charge on any atom is 0.136 e. The van der Waals surface area contributed by atoms with Gasteiger partial charge in [-0.25, -0.2) is 0 Å². The minimum absolute atomic E-state index is 0.0455. The van der Waals surface area contributed by atoms with Crippen molar-refractivity contribution in [3.05, 3.63) is 170 Å². The Morgan fingerprint density at radius 3 is 1.70 bits per heavy atom. The van der Waals surface area contributed by atoms with E-state index in [0.29, 0.717) is 5.56 Å². The van der Waals surface area contributed by atoms with Gasteiger partial charge in [-0.15, -0.1) is 0 Å². The van der Waals surface area contributed by atoms with E-state index in [0.717, 1.165) is 54.2 Å². The number of hydrogen-bond acceptors (Lipinski definition) is 1. The molecule has 0 saturated heterocycles. The van der Waals surface area contributed by atoms with E-state index < -0.39 is 66.0 Å². The smallest absolute Gasteiger partial charge is 0.136 e. The molecule has 0 amide bonds.